The van der Waals surface area contributed by atoms with Crippen LogP contribution >= 0.6 is 0 Å². The fourth-order valence-electron chi connectivity index (χ4n) is 2.90. The predicted octanol–water partition coefficient (Wildman–Crippen LogP) is 1.65. The fourth-order valence-corrected chi connectivity index (χ4v) is 2.90. The lowest BCUT2D eigenvalue weighted by Crippen LogP contribution is -2.37. The molecule has 0 spiro atoms. The number of amides is 1. The predicted molar refractivity (Wildman–Crippen MR) is 76.0 cm³/mol. The highest BCUT2D eigenvalue weighted by Crippen LogP contribution is 2.16. The number of ether oxygens (including phenoxy) is 1. The first-order chi connectivity index (χ1) is 9.25. The maximum Gasteiger partial charge on any atom is 0.223 e. The van der Waals surface area contributed by atoms with Gasteiger partial charge in [-0.15, -0.1) is 0 Å². The van der Waals surface area contributed by atoms with Gasteiger partial charge in [-0.3, -0.25) is 4.79 Å². The molecule has 0 atom stereocenters. The Labute approximate surface area is 116 Å². The van der Waals surface area contributed by atoms with E-state index in [2.05, 4.69) is 17.1 Å². The van der Waals surface area contributed by atoms with Crippen molar-refractivity contribution in [2.75, 3.05) is 39.4 Å². The fraction of sp³-hybridized carbons (Fsp3) is 0.933. The minimum absolute atomic E-state index is 0.185. The lowest BCUT2D eigenvalue weighted by molar-refractivity contribution is -0.127. The number of likely N-dealkylation sites (tertiary alicyclic amines) is 1. The molecule has 4 heteroatoms. The molecular weight excluding hydrogens is 240 g/mol. The van der Waals surface area contributed by atoms with Gasteiger partial charge in [0.15, 0.2) is 0 Å². The SMILES string of the molecule is CC1CCN(CCCNC(=O)C2CCOCC2)CC1. The van der Waals surface area contributed by atoms with Gasteiger partial charge >= 0.3 is 0 Å². The molecule has 2 rings (SSSR count). The Morgan fingerprint density at radius 1 is 1.21 bits per heavy atom. The molecule has 0 aliphatic carbocycles. The van der Waals surface area contributed by atoms with Crippen LogP contribution in [0.2, 0.25) is 0 Å². The molecular formula is C15H28N2O2. The lowest BCUT2D eigenvalue weighted by atomic mass is 9.99. The van der Waals surface area contributed by atoms with Gasteiger partial charge < -0.3 is 15.0 Å². The summed E-state index contributed by atoms with van der Waals surface area (Å²) in [7, 11) is 0. The molecule has 2 heterocycles. The maximum absolute atomic E-state index is 11.9. The average molecular weight is 268 g/mol. The second-order valence-corrected chi connectivity index (χ2v) is 6.06. The van der Waals surface area contributed by atoms with Crippen LogP contribution in [0, 0.1) is 11.8 Å². The molecule has 0 aromatic rings. The maximum atomic E-state index is 11.9. The zero-order valence-corrected chi connectivity index (χ0v) is 12.2. The van der Waals surface area contributed by atoms with Gasteiger partial charge in [0.1, 0.15) is 0 Å². The van der Waals surface area contributed by atoms with Gasteiger partial charge in [0.2, 0.25) is 5.91 Å². The lowest BCUT2D eigenvalue weighted by Gasteiger charge is -2.30. The van der Waals surface area contributed by atoms with Crippen LogP contribution < -0.4 is 5.32 Å². The number of carbonyl (C=O) groups excluding carboxylic acids is 1. The third-order valence-electron chi connectivity index (χ3n) is 4.42. The van der Waals surface area contributed by atoms with Gasteiger partial charge in [-0.2, -0.15) is 0 Å². The van der Waals surface area contributed by atoms with Crippen LogP contribution in [0.25, 0.3) is 0 Å². The molecule has 0 aromatic carbocycles. The molecule has 1 amide bonds. The van der Waals surface area contributed by atoms with Crippen LogP contribution in [-0.2, 0) is 9.53 Å². The molecule has 0 saturated carbocycles. The van der Waals surface area contributed by atoms with Gasteiger partial charge in [-0.25, -0.2) is 0 Å². The summed E-state index contributed by atoms with van der Waals surface area (Å²) < 4.78 is 5.28. The minimum atomic E-state index is 0.185. The van der Waals surface area contributed by atoms with Crippen LogP contribution in [0.5, 0.6) is 0 Å². The third kappa shape index (κ3) is 5.11. The van der Waals surface area contributed by atoms with Crippen molar-refractivity contribution < 1.29 is 9.53 Å². The van der Waals surface area contributed by atoms with E-state index in [1.807, 2.05) is 0 Å². The highest BCUT2D eigenvalue weighted by Gasteiger charge is 2.21. The summed E-state index contributed by atoms with van der Waals surface area (Å²) in [6.45, 7) is 8.23. The molecule has 110 valence electrons. The molecule has 2 aliphatic rings. The van der Waals surface area contributed by atoms with Crippen molar-refractivity contribution in [1.29, 1.82) is 0 Å². The largest absolute Gasteiger partial charge is 0.381 e. The molecule has 4 nitrogen and oxygen atoms in total. The van der Waals surface area contributed by atoms with Crippen LogP contribution in [0.4, 0.5) is 0 Å². The summed E-state index contributed by atoms with van der Waals surface area (Å²) in [5, 5.41) is 3.08. The van der Waals surface area contributed by atoms with E-state index < -0.39 is 0 Å². The normalized spacial score (nSPS) is 23.4. The van der Waals surface area contributed by atoms with E-state index in [1.165, 1.54) is 25.9 Å². The van der Waals surface area contributed by atoms with Gasteiger partial charge in [0.25, 0.3) is 0 Å². The Kier molecular flexibility index (Phi) is 6.11. The second-order valence-electron chi connectivity index (χ2n) is 6.06. The van der Waals surface area contributed by atoms with Gasteiger partial charge in [0, 0.05) is 25.7 Å². The molecule has 0 aromatic heterocycles. The van der Waals surface area contributed by atoms with E-state index in [9.17, 15) is 4.79 Å². The zero-order valence-electron chi connectivity index (χ0n) is 12.2. The van der Waals surface area contributed by atoms with E-state index in [0.717, 1.165) is 51.5 Å². The first-order valence-electron chi connectivity index (χ1n) is 7.83. The van der Waals surface area contributed by atoms with E-state index in [0.29, 0.717) is 0 Å². The number of piperidine rings is 1. The Balaban J connectivity index is 1.52. The van der Waals surface area contributed by atoms with Crippen LogP contribution in [0.3, 0.4) is 0 Å². The highest BCUT2D eigenvalue weighted by molar-refractivity contribution is 5.78. The quantitative estimate of drug-likeness (QED) is 0.771. The molecule has 2 fully saturated rings. The van der Waals surface area contributed by atoms with Crippen molar-refractivity contribution >= 4 is 5.91 Å². The molecule has 0 bridgehead atoms. The molecule has 0 radical (unpaired) electrons. The van der Waals surface area contributed by atoms with Gasteiger partial charge in [-0.05, 0) is 57.7 Å². The molecule has 2 saturated heterocycles. The highest BCUT2D eigenvalue weighted by atomic mass is 16.5. The summed E-state index contributed by atoms with van der Waals surface area (Å²) in [5.41, 5.74) is 0. The third-order valence-corrected chi connectivity index (χ3v) is 4.42. The van der Waals surface area contributed by atoms with Gasteiger partial charge in [0.05, 0.1) is 0 Å². The molecule has 19 heavy (non-hydrogen) atoms. The Morgan fingerprint density at radius 3 is 2.58 bits per heavy atom. The van der Waals surface area contributed by atoms with Crippen molar-refractivity contribution in [3.8, 4) is 0 Å². The van der Waals surface area contributed by atoms with Crippen molar-refractivity contribution in [2.45, 2.75) is 39.0 Å². The van der Waals surface area contributed by atoms with E-state index in [-0.39, 0.29) is 11.8 Å². The first kappa shape index (κ1) is 14.8. The number of hydrogen-bond acceptors (Lipinski definition) is 3. The van der Waals surface area contributed by atoms with Crippen molar-refractivity contribution in [3.63, 3.8) is 0 Å². The first-order valence-corrected chi connectivity index (χ1v) is 7.83. The van der Waals surface area contributed by atoms with Crippen LogP contribution in [0.15, 0.2) is 0 Å². The van der Waals surface area contributed by atoms with Crippen molar-refractivity contribution in [1.82, 2.24) is 10.2 Å². The van der Waals surface area contributed by atoms with Crippen molar-refractivity contribution in [2.24, 2.45) is 11.8 Å². The summed E-state index contributed by atoms with van der Waals surface area (Å²) in [4.78, 5) is 14.4. The summed E-state index contributed by atoms with van der Waals surface area (Å²) in [6, 6.07) is 0. The molecule has 0 unspecified atom stereocenters. The summed E-state index contributed by atoms with van der Waals surface area (Å²) in [6.07, 6.45) is 5.50. The number of hydrogen-bond donors (Lipinski definition) is 1. The van der Waals surface area contributed by atoms with E-state index in [4.69, 9.17) is 4.74 Å². The zero-order chi connectivity index (χ0) is 13.5. The van der Waals surface area contributed by atoms with Crippen LogP contribution in [0.1, 0.15) is 39.0 Å². The molecule has 2 aliphatic heterocycles. The van der Waals surface area contributed by atoms with Crippen molar-refractivity contribution in [3.05, 3.63) is 0 Å². The number of nitrogens with zero attached hydrogens (tertiary/aromatic N) is 1. The monoisotopic (exact) mass is 268 g/mol. The minimum Gasteiger partial charge on any atom is -0.381 e. The van der Waals surface area contributed by atoms with Gasteiger partial charge in [-0.1, -0.05) is 6.92 Å². The smallest absolute Gasteiger partial charge is 0.223 e. The van der Waals surface area contributed by atoms with E-state index in [1.54, 1.807) is 0 Å². The second kappa shape index (κ2) is 7.85. The standard InChI is InChI=1S/C15H28N2O2/c1-13-3-9-17(10-4-13)8-2-7-16-15(18)14-5-11-19-12-6-14/h13-14H,2-12H2,1H3,(H,16,18). The average Bonchev–Trinajstić information content (AvgIpc) is 2.46. The van der Waals surface area contributed by atoms with Crippen LogP contribution in [-0.4, -0.2) is 50.2 Å². The van der Waals surface area contributed by atoms with E-state index >= 15 is 0 Å². The Hall–Kier alpha value is -0.610. The number of carbonyl (C=O) groups is 1. The number of rotatable bonds is 5. The Morgan fingerprint density at radius 2 is 1.89 bits per heavy atom. The number of nitrogens with one attached hydrogen (secondary N) is 1. The topological polar surface area (TPSA) is 41.6 Å². The summed E-state index contributed by atoms with van der Waals surface area (Å²) >= 11 is 0. The molecule has 1 N–H and O–H groups in total. The summed E-state index contributed by atoms with van der Waals surface area (Å²) in [5.74, 6) is 1.31. The Bertz CT molecular complexity index is 269.